The third-order valence-corrected chi connectivity index (χ3v) is 3.00. The third kappa shape index (κ3) is 6.46. The molecule has 0 aliphatic carbocycles. The van der Waals surface area contributed by atoms with Crippen LogP contribution in [0.25, 0.3) is 0 Å². The van der Waals surface area contributed by atoms with Crippen LogP contribution in [0.3, 0.4) is 0 Å². The van der Waals surface area contributed by atoms with Gasteiger partial charge in [0.15, 0.2) is 0 Å². The molecule has 1 aromatic carbocycles. The lowest BCUT2D eigenvalue weighted by Crippen LogP contribution is -2.27. The smallest absolute Gasteiger partial charge is 0.412 e. The van der Waals surface area contributed by atoms with Crippen molar-refractivity contribution in [2.45, 2.75) is 32.1 Å². The molecule has 0 atom stereocenters. The first-order valence-electron chi connectivity index (χ1n) is 6.17. The molecular weight excluding hydrogens is 296 g/mol. The molecule has 1 aromatic rings. The summed E-state index contributed by atoms with van der Waals surface area (Å²) in [4.78, 5) is 11.7. The number of nitrogens with one attached hydrogen (secondary N) is 1. The highest BCUT2D eigenvalue weighted by atomic mass is 32.2. The zero-order valence-electron chi connectivity index (χ0n) is 12.5. The summed E-state index contributed by atoms with van der Waals surface area (Å²) in [5, 5.41) is 7.55. The summed E-state index contributed by atoms with van der Waals surface area (Å²) in [5.41, 5.74) is 0.232. The number of sulfonamides is 1. The van der Waals surface area contributed by atoms with Crippen LogP contribution in [-0.2, 0) is 20.5 Å². The number of anilines is 1. The lowest BCUT2D eigenvalue weighted by molar-refractivity contribution is 0.0636. The minimum atomic E-state index is -3.66. The van der Waals surface area contributed by atoms with E-state index in [1.807, 2.05) is 0 Å². The van der Waals surface area contributed by atoms with Crippen molar-refractivity contribution in [3.8, 4) is 5.75 Å². The number of nitrogens with two attached hydrogens (primary N) is 1. The minimum Gasteiger partial charge on any atom is -0.496 e. The predicted octanol–water partition coefficient (Wildman–Crippen LogP) is 1.83. The first-order valence-corrected chi connectivity index (χ1v) is 7.89. The van der Waals surface area contributed by atoms with Gasteiger partial charge < -0.3 is 9.47 Å². The van der Waals surface area contributed by atoms with Crippen LogP contribution < -0.4 is 15.2 Å². The van der Waals surface area contributed by atoms with E-state index in [2.05, 4.69) is 5.32 Å². The third-order valence-electron chi connectivity index (χ3n) is 2.29. The molecule has 1 amide bonds. The number of amides is 1. The van der Waals surface area contributed by atoms with Gasteiger partial charge in [0.2, 0.25) is 10.0 Å². The summed E-state index contributed by atoms with van der Waals surface area (Å²) >= 11 is 0. The van der Waals surface area contributed by atoms with Gasteiger partial charge in [0.25, 0.3) is 0 Å². The Bertz CT molecular complexity index is 620. The second-order valence-corrected chi connectivity index (χ2v) is 7.08. The average Bonchev–Trinajstić information content (AvgIpc) is 2.26. The van der Waals surface area contributed by atoms with Gasteiger partial charge in [-0.05, 0) is 26.8 Å². The summed E-state index contributed by atoms with van der Waals surface area (Å²) in [7, 11) is -2.26. The van der Waals surface area contributed by atoms with Crippen LogP contribution in [0.1, 0.15) is 26.3 Å². The fourth-order valence-electron chi connectivity index (χ4n) is 1.58. The number of carbonyl (C=O) groups excluding carboxylic acids is 1. The highest BCUT2D eigenvalue weighted by Crippen LogP contribution is 2.25. The number of carbonyl (C=O) groups is 1. The molecule has 1 rings (SSSR count). The van der Waals surface area contributed by atoms with Gasteiger partial charge in [-0.2, -0.15) is 0 Å². The Labute approximate surface area is 124 Å². The molecule has 0 unspecified atom stereocenters. The van der Waals surface area contributed by atoms with Crippen LogP contribution >= 0.6 is 0 Å². The summed E-state index contributed by atoms with van der Waals surface area (Å²) < 4.78 is 32.5. The van der Waals surface area contributed by atoms with Gasteiger partial charge in [0, 0.05) is 17.3 Å². The highest BCUT2D eigenvalue weighted by Gasteiger charge is 2.17. The predicted molar refractivity (Wildman–Crippen MR) is 79.7 cm³/mol. The van der Waals surface area contributed by atoms with Crippen molar-refractivity contribution >= 4 is 21.8 Å². The van der Waals surface area contributed by atoms with Gasteiger partial charge in [-0.25, -0.2) is 18.4 Å². The lowest BCUT2D eigenvalue weighted by atomic mass is 10.2. The molecular formula is C13H20N2O5S. The van der Waals surface area contributed by atoms with Crippen LogP contribution in [0.15, 0.2) is 18.2 Å². The molecule has 3 N–H and O–H groups in total. The van der Waals surface area contributed by atoms with Crippen molar-refractivity contribution in [3.63, 3.8) is 0 Å². The van der Waals surface area contributed by atoms with E-state index in [1.54, 1.807) is 26.8 Å². The molecule has 0 aliphatic rings. The Balaban J connectivity index is 2.90. The molecule has 0 radical (unpaired) electrons. The van der Waals surface area contributed by atoms with Crippen LogP contribution in [0.5, 0.6) is 5.75 Å². The van der Waals surface area contributed by atoms with Crippen LogP contribution in [-0.4, -0.2) is 27.2 Å². The molecule has 7 nitrogen and oxygen atoms in total. The Hall–Kier alpha value is -1.80. The molecule has 118 valence electrons. The molecule has 0 bridgehead atoms. The van der Waals surface area contributed by atoms with Crippen molar-refractivity contribution in [2.24, 2.45) is 5.14 Å². The first kappa shape index (κ1) is 17.3. The normalized spacial score (nSPS) is 11.9. The Morgan fingerprint density at radius 2 is 1.95 bits per heavy atom. The Kier molecular flexibility index (Phi) is 5.19. The van der Waals surface area contributed by atoms with E-state index in [0.29, 0.717) is 17.0 Å². The lowest BCUT2D eigenvalue weighted by Gasteiger charge is -2.20. The number of methoxy groups -OCH3 is 1. The van der Waals surface area contributed by atoms with Gasteiger partial charge in [-0.3, -0.25) is 5.32 Å². The van der Waals surface area contributed by atoms with E-state index in [4.69, 9.17) is 14.6 Å². The second kappa shape index (κ2) is 6.31. The summed E-state index contributed by atoms with van der Waals surface area (Å²) in [6, 6.07) is 4.58. The maximum atomic E-state index is 11.7. The Morgan fingerprint density at radius 3 is 2.43 bits per heavy atom. The van der Waals surface area contributed by atoms with Gasteiger partial charge >= 0.3 is 6.09 Å². The number of hydrogen-bond acceptors (Lipinski definition) is 5. The number of ether oxygens (including phenoxy) is 2. The number of hydrogen-bond donors (Lipinski definition) is 2. The van der Waals surface area contributed by atoms with Gasteiger partial charge in [-0.1, -0.05) is 6.07 Å². The first-order chi connectivity index (χ1) is 9.50. The average molecular weight is 316 g/mol. The zero-order chi connectivity index (χ0) is 16.3. The van der Waals surface area contributed by atoms with Crippen LogP contribution in [0.2, 0.25) is 0 Å². The molecule has 0 aliphatic heterocycles. The number of benzene rings is 1. The van der Waals surface area contributed by atoms with Gasteiger partial charge in [-0.15, -0.1) is 0 Å². The number of primary sulfonamides is 1. The largest absolute Gasteiger partial charge is 0.496 e. The maximum Gasteiger partial charge on any atom is 0.412 e. The van der Waals surface area contributed by atoms with Crippen molar-refractivity contribution in [3.05, 3.63) is 23.8 Å². The molecule has 0 heterocycles. The van der Waals surface area contributed by atoms with Crippen LogP contribution in [0, 0.1) is 0 Å². The van der Waals surface area contributed by atoms with E-state index >= 15 is 0 Å². The van der Waals surface area contributed by atoms with E-state index in [-0.39, 0.29) is 5.75 Å². The van der Waals surface area contributed by atoms with Crippen LogP contribution in [0.4, 0.5) is 10.5 Å². The van der Waals surface area contributed by atoms with Gasteiger partial charge in [0.05, 0.1) is 12.9 Å². The molecule has 0 fully saturated rings. The highest BCUT2D eigenvalue weighted by molar-refractivity contribution is 7.88. The summed E-state index contributed by atoms with van der Waals surface area (Å²) in [6.45, 7) is 5.26. The zero-order valence-corrected chi connectivity index (χ0v) is 13.3. The van der Waals surface area contributed by atoms with E-state index in [0.717, 1.165) is 0 Å². The molecule has 0 saturated heterocycles. The fourth-order valence-corrected chi connectivity index (χ4v) is 2.25. The van der Waals surface area contributed by atoms with E-state index in [1.165, 1.54) is 19.2 Å². The van der Waals surface area contributed by atoms with Gasteiger partial charge in [0.1, 0.15) is 11.4 Å². The quantitative estimate of drug-likeness (QED) is 0.881. The topological polar surface area (TPSA) is 108 Å². The van der Waals surface area contributed by atoms with Crippen molar-refractivity contribution in [1.82, 2.24) is 0 Å². The molecule has 0 spiro atoms. The standard InChI is InChI=1S/C13H20N2O5S/c1-13(2,3)20-12(16)15-10-6-5-9(8-21(14,17)18)11(7-10)19-4/h5-7H,8H2,1-4H3,(H,15,16)(H2,14,17,18). The molecule has 8 heteroatoms. The van der Waals surface area contributed by atoms with Crippen molar-refractivity contribution in [1.29, 1.82) is 0 Å². The molecule has 0 saturated carbocycles. The summed E-state index contributed by atoms with van der Waals surface area (Å²) in [5.74, 6) is -0.0271. The fraction of sp³-hybridized carbons (Fsp3) is 0.462. The maximum absolute atomic E-state index is 11.7. The number of rotatable bonds is 4. The molecule has 0 aromatic heterocycles. The second-order valence-electron chi connectivity index (χ2n) is 5.46. The Morgan fingerprint density at radius 1 is 1.33 bits per heavy atom. The monoisotopic (exact) mass is 316 g/mol. The molecule has 21 heavy (non-hydrogen) atoms. The van der Waals surface area contributed by atoms with E-state index < -0.39 is 21.7 Å². The SMILES string of the molecule is COc1cc(NC(=O)OC(C)(C)C)ccc1CS(N)(=O)=O. The minimum absolute atomic E-state index is 0.317. The van der Waals surface area contributed by atoms with E-state index in [9.17, 15) is 13.2 Å². The summed E-state index contributed by atoms with van der Waals surface area (Å²) in [6.07, 6.45) is -0.608. The van der Waals surface area contributed by atoms with Crippen molar-refractivity contribution < 1.29 is 22.7 Å². The van der Waals surface area contributed by atoms with Crippen molar-refractivity contribution in [2.75, 3.05) is 12.4 Å².